The van der Waals surface area contributed by atoms with Crippen LogP contribution in [0, 0.1) is 0 Å². The number of rotatable bonds is 1. The van der Waals surface area contributed by atoms with E-state index in [1.54, 1.807) is 6.07 Å². The Morgan fingerprint density at radius 1 is 1.27 bits per heavy atom. The summed E-state index contributed by atoms with van der Waals surface area (Å²) >= 11 is 3.33. The Hall–Kier alpha value is -1.62. The lowest BCUT2D eigenvalue weighted by molar-refractivity contribution is 1.00. The third kappa shape index (κ3) is 2.07. The second-order valence-electron chi connectivity index (χ2n) is 3.04. The fraction of sp³-hybridized carbons (Fsp3) is 0. The van der Waals surface area contributed by atoms with Crippen molar-refractivity contribution in [2.75, 3.05) is 5.73 Å². The first kappa shape index (κ1) is 9.92. The van der Waals surface area contributed by atoms with Crippen molar-refractivity contribution >= 4 is 21.7 Å². The molecule has 1 aromatic carbocycles. The Balaban J connectivity index is 2.58. The second-order valence-corrected chi connectivity index (χ2v) is 3.96. The Morgan fingerprint density at radius 3 is 2.60 bits per heavy atom. The largest absolute Gasteiger partial charge is 0.382 e. The van der Waals surface area contributed by atoms with Crippen LogP contribution in [-0.2, 0) is 0 Å². The highest BCUT2D eigenvalue weighted by Crippen LogP contribution is 2.19. The summed E-state index contributed by atoms with van der Waals surface area (Å²) in [4.78, 5) is 11.5. The van der Waals surface area contributed by atoms with Crippen LogP contribution in [-0.4, -0.2) is 10.2 Å². The van der Waals surface area contributed by atoms with E-state index >= 15 is 0 Å². The van der Waals surface area contributed by atoms with Crippen molar-refractivity contribution in [3.8, 4) is 11.1 Å². The molecule has 0 unspecified atom stereocenters. The molecule has 0 atom stereocenters. The van der Waals surface area contributed by atoms with E-state index in [1.807, 2.05) is 24.3 Å². The van der Waals surface area contributed by atoms with Gasteiger partial charge in [-0.3, -0.25) is 4.79 Å². The van der Waals surface area contributed by atoms with E-state index in [2.05, 4.69) is 26.1 Å². The molecule has 0 bridgehead atoms. The summed E-state index contributed by atoms with van der Waals surface area (Å²) in [7, 11) is 0. The van der Waals surface area contributed by atoms with Gasteiger partial charge in [0, 0.05) is 4.47 Å². The van der Waals surface area contributed by atoms with Crippen molar-refractivity contribution in [1.29, 1.82) is 0 Å². The highest BCUT2D eigenvalue weighted by atomic mass is 79.9. The fourth-order valence-corrected chi connectivity index (χ4v) is 1.53. The Morgan fingerprint density at radius 2 is 1.93 bits per heavy atom. The number of nitrogens with one attached hydrogen (secondary N) is 1. The fourth-order valence-electron chi connectivity index (χ4n) is 1.27. The van der Waals surface area contributed by atoms with Crippen molar-refractivity contribution < 1.29 is 0 Å². The maximum absolute atomic E-state index is 11.5. The zero-order valence-electron chi connectivity index (χ0n) is 7.70. The number of nitrogen functional groups attached to an aromatic ring is 1. The molecule has 0 aliphatic rings. The summed E-state index contributed by atoms with van der Waals surface area (Å²) in [5, 5.41) is 5.95. The zero-order chi connectivity index (χ0) is 10.8. The number of aromatic nitrogens is 2. The highest BCUT2D eigenvalue weighted by molar-refractivity contribution is 9.10. The lowest BCUT2D eigenvalue weighted by atomic mass is 10.1. The SMILES string of the molecule is Nc1cc(-c2ccc(Br)cc2)c(=O)[nH]n1. The predicted molar refractivity (Wildman–Crippen MR) is 62.4 cm³/mol. The first-order valence-electron chi connectivity index (χ1n) is 4.28. The van der Waals surface area contributed by atoms with E-state index in [0.29, 0.717) is 11.4 Å². The van der Waals surface area contributed by atoms with Crippen LogP contribution in [0.1, 0.15) is 0 Å². The first-order chi connectivity index (χ1) is 7.16. The van der Waals surface area contributed by atoms with Gasteiger partial charge in [0.05, 0.1) is 5.56 Å². The van der Waals surface area contributed by atoms with E-state index in [-0.39, 0.29) is 5.56 Å². The molecule has 2 aromatic rings. The monoisotopic (exact) mass is 265 g/mol. The summed E-state index contributed by atoms with van der Waals surface area (Å²) in [6.07, 6.45) is 0. The standard InChI is InChI=1S/C10H8BrN3O/c11-7-3-1-6(2-4-7)8-5-9(12)13-14-10(8)15/h1-5H,(H2,12,13)(H,14,15). The minimum absolute atomic E-state index is 0.244. The molecule has 15 heavy (non-hydrogen) atoms. The molecule has 76 valence electrons. The lowest BCUT2D eigenvalue weighted by Crippen LogP contribution is -2.12. The van der Waals surface area contributed by atoms with E-state index in [1.165, 1.54) is 0 Å². The lowest BCUT2D eigenvalue weighted by Gasteiger charge is -2.00. The number of nitrogens with two attached hydrogens (primary N) is 1. The number of aromatic amines is 1. The molecule has 1 aromatic heterocycles. The first-order valence-corrected chi connectivity index (χ1v) is 5.07. The number of anilines is 1. The Labute approximate surface area is 94.3 Å². The van der Waals surface area contributed by atoms with E-state index < -0.39 is 0 Å². The number of benzene rings is 1. The van der Waals surface area contributed by atoms with Crippen molar-refractivity contribution in [3.05, 3.63) is 45.2 Å². The van der Waals surface area contributed by atoms with Crippen LogP contribution in [0.25, 0.3) is 11.1 Å². The van der Waals surface area contributed by atoms with Crippen molar-refractivity contribution in [3.63, 3.8) is 0 Å². The van der Waals surface area contributed by atoms with Gasteiger partial charge in [-0.2, -0.15) is 5.10 Å². The van der Waals surface area contributed by atoms with Crippen molar-refractivity contribution in [2.24, 2.45) is 0 Å². The van der Waals surface area contributed by atoms with Gasteiger partial charge in [-0.1, -0.05) is 28.1 Å². The molecule has 0 spiro atoms. The third-order valence-electron chi connectivity index (χ3n) is 1.98. The van der Waals surface area contributed by atoms with Crippen molar-refractivity contribution in [2.45, 2.75) is 0 Å². The summed E-state index contributed by atoms with van der Waals surface area (Å²) in [6, 6.07) is 8.97. The molecule has 0 saturated heterocycles. The number of nitrogens with zero attached hydrogens (tertiary/aromatic N) is 1. The van der Waals surface area contributed by atoms with Gasteiger partial charge in [0.15, 0.2) is 0 Å². The normalized spacial score (nSPS) is 10.2. The summed E-state index contributed by atoms with van der Waals surface area (Å²) in [5.74, 6) is 0.299. The highest BCUT2D eigenvalue weighted by Gasteiger charge is 2.03. The molecule has 1 heterocycles. The van der Waals surface area contributed by atoms with Gasteiger partial charge in [0.2, 0.25) is 0 Å². The van der Waals surface area contributed by atoms with Gasteiger partial charge < -0.3 is 5.73 Å². The number of halogens is 1. The van der Waals surface area contributed by atoms with Gasteiger partial charge in [-0.25, -0.2) is 5.10 Å². The molecule has 0 amide bonds. The molecule has 0 fully saturated rings. The minimum atomic E-state index is -0.244. The van der Waals surface area contributed by atoms with Gasteiger partial charge in [0.1, 0.15) is 5.82 Å². The summed E-state index contributed by atoms with van der Waals surface area (Å²) in [6.45, 7) is 0. The van der Waals surface area contributed by atoms with Crippen molar-refractivity contribution in [1.82, 2.24) is 10.2 Å². The number of hydrogen-bond donors (Lipinski definition) is 2. The number of H-pyrrole nitrogens is 1. The van der Waals surface area contributed by atoms with E-state index in [9.17, 15) is 4.79 Å². The van der Waals surface area contributed by atoms with Crippen LogP contribution in [0.3, 0.4) is 0 Å². The topological polar surface area (TPSA) is 71.8 Å². The van der Waals surface area contributed by atoms with Crippen LogP contribution >= 0.6 is 15.9 Å². The molecule has 5 heteroatoms. The smallest absolute Gasteiger partial charge is 0.272 e. The quantitative estimate of drug-likeness (QED) is 0.826. The molecule has 2 rings (SSSR count). The predicted octanol–water partition coefficient (Wildman–Crippen LogP) is 1.78. The average Bonchev–Trinajstić information content (AvgIpc) is 2.23. The molecule has 0 radical (unpaired) electrons. The molecule has 0 saturated carbocycles. The van der Waals surface area contributed by atoms with Gasteiger partial charge in [0.25, 0.3) is 5.56 Å². The zero-order valence-corrected chi connectivity index (χ0v) is 9.28. The second kappa shape index (κ2) is 3.86. The molecule has 0 aliphatic carbocycles. The van der Waals surface area contributed by atoms with Gasteiger partial charge in [-0.15, -0.1) is 0 Å². The van der Waals surface area contributed by atoms with Crippen LogP contribution in [0.2, 0.25) is 0 Å². The molecular formula is C10H8BrN3O. The maximum Gasteiger partial charge on any atom is 0.272 e. The summed E-state index contributed by atoms with van der Waals surface area (Å²) < 4.78 is 0.963. The Bertz CT molecular complexity index is 533. The van der Waals surface area contributed by atoms with E-state index in [4.69, 9.17) is 5.73 Å². The molecule has 0 aliphatic heterocycles. The molecule has 4 nitrogen and oxygen atoms in total. The van der Waals surface area contributed by atoms with E-state index in [0.717, 1.165) is 10.0 Å². The third-order valence-corrected chi connectivity index (χ3v) is 2.51. The number of hydrogen-bond acceptors (Lipinski definition) is 3. The van der Waals surface area contributed by atoms with Gasteiger partial charge >= 0.3 is 0 Å². The Kier molecular flexibility index (Phi) is 2.55. The van der Waals surface area contributed by atoms with Crippen LogP contribution < -0.4 is 11.3 Å². The molecular weight excluding hydrogens is 258 g/mol. The average molecular weight is 266 g/mol. The van der Waals surface area contributed by atoms with Crippen LogP contribution in [0.4, 0.5) is 5.82 Å². The maximum atomic E-state index is 11.5. The van der Waals surface area contributed by atoms with Gasteiger partial charge in [-0.05, 0) is 23.8 Å². The van der Waals surface area contributed by atoms with Crippen LogP contribution in [0.5, 0.6) is 0 Å². The summed E-state index contributed by atoms with van der Waals surface area (Å²) in [5.41, 5.74) is 6.60. The minimum Gasteiger partial charge on any atom is -0.382 e. The van der Waals surface area contributed by atoms with Crippen LogP contribution in [0.15, 0.2) is 39.6 Å². The molecule has 3 N–H and O–H groups in total.